The van der Waals surface area contributed by atoms with Crippen molar-refractivity contribution in [2.45, 2.75) is 30.2 Å². The molecule has 0 amide bonds. The van der Waals surface area contributed by atoms with E-state index < -0.39 is 15.6 Å². The molecular weight excluding hydrogens is 380 g/mol. The van der Waals surface area contributed by atoms with Crippen LogP contribution < -0.4 is 5.73 Å². The monoisotopic (exact) mass is 402 g/mol. The predicted octanol–water partition coefficient (Wildman–Crippen LogP) is 1.48. The molecule has 0 atom stereocenters. The molecule has 9 nitrogen and oxygen atoms in total. The number of nitrogen functional groups attached to an aromatic ring is 1. The van der Waals surface area contributed by atoms with Gasteiger partial charge in [-0.05, 0) is 37.5 Å². The van der Waals surface area contributed by atoms with Crippen molar-refractivity contribution in [1.29, 1.82) is 0 Å². The van der Waals surface area contributed by atoms with Crippen LogP contribution in [0.15, 0.2) is 35.6 Å². The van der Waals surface area contributed by atoms with E-state index in [4.69, 9.17) is 10.5 Å². The Morgan fingerprint density at radius 2 is 2.07 bits per heavy atom. The Morgan fingerprint density at radius 1 is 1.32 bits per heavy atom. The number of rotatable bonds is 6. The summed E-state index contributed by atoms with van der Waals surface area (Å²) in [6.45, 7) is 2.29. The van der Waals surface area contributed by atoms with Crippen molar-refractivity contribution in [3.05, 3.63) is 36.3 Å². The van der Waals surface area contributed by atoms with Gasteiger partial charge in [0.25, 0.3) is 0 Å². The third-order valence-electron chi connectivity index (χ3n) is 5.38. The second-order valence-corrected chi connectivity index (χ2v) is 9.10. The molecule has 0 spiro atoms. The minimum atomic E-state index is -3.68. The molecule has 1 fully saturated rings. The lowest BCUT2D eigenvalue weighted by molar-refractivity contribution is 0.130. The van der Waals surface area contributed by atoms with Crippen molar-refractivity contribution in [2.75, 3.05) is 26.5 Å². The van der Waals surface area contributed by atoms with E-state index in [1.165, 1.54) is 10.6 Å². The predicted molar refractivity (Wildman–Crippen MR) is 104 cm³/mol. The molecule has 1 aliphatic carbocycles. The molecule has 0 bridgehead atoms. The molecule has 2 N–H and O–H groups in total. The van der Waals surface area contributed by atoms with E-state index in [-0.39, 0.29) is 10.7 Å². The fourth-order valence-corrected chi connectivity index (χ4v) is 5.00. The van der Waals surface area contributed by atoms with Crippen LogP contribution in [0, 0.1) is 6.92 Å². The van der Waals surface area contributed by atoms with E-state index in [2.05, 4.69) is 15.1 Å². The number of ether oxygens (including phenoxy) is 1. The van der Waals surface area contributed by atoms with Gasteiger partial charge in [-0.15, -0.1) is 0 Å². The minimum absolute atomic E-state index is 0.218. The standard InChI is InChI=1S/C18H22N6O3S/c1-12-4-5-13(28(25,26)23(2)18(6-7-18)10-27-3)8-14(12)15-9-20-17-16(19)21-11-22-24(15)17/h4-5,8-9,11H,6-7,10H2,1-3H3,(H2,19,21,22). The topological polar surface area (TPSA) is 116 Å². The quantitative estimate of drug-likeness (QED) is 0.664. The third kappa shape index (κ3) is 2.84. The highest BCUT2D eigenvalue weighted by atomic mass is 32.2. The van der Waals surface area contributed by atoms with Gasteiger partial charge in [0.05, 0.1) is 28.9 Å². The molecule has 1 saturated carbocycles. The number of anilines is 1. The number of nitrogens with two attached hydrogens (primary N) is 1. The molecule has 2 aromatic heterocycles. The van der Waals surface area contributed by atoms with Crippen LogP contribution in [0.25, 0.3) is 16.9 Å². The Labute approximate surface area is 163 Å². The molecule has 1 aliphatic rings. The van der Waals surface area contributed by atoms with Crippen molar-refractivity contribution < 1.29 is 13.2 Å². The maximum atomic E-state index is 13.2. The van der Waals surface area contributed by atoms with E-state index >= 15 is 0 Å². The number of benzene rings is 1. The van der Waals surface area contributed by atoms with Gasteiger partial charge >= 0.3 is 0 Å². The fourth-order valence-electron chi connectivity index (χ4n) is 3.43. The smallest absolute Gasteiger partial charge is 0.243 e. The van der Waals surface area contributed by atoms with Crippen molar-refractivity contribution in [3.63, 3.8) is 0 Å². The first kappa shape index (κ1) is 18.8. The van der Waals surface area contributed by atoms with Crippen LogP contribution in [0.2, 0.25) is 0 Å². The molecule has 148 valence electrons. The molecule has 0 radical (unpaired) electrons. The summed E-state index contributed by atoms with van der Waals surface area (Å²) in [7, 11) is -0.482. The second-order valence-electron chi connectivity index (χ2n) is 7.13. The van der Waals surface area contributed by atoms with Crippen molar-refractivity contribution >= 4 is 21.5 Å². The molecule has 1 aromatic carbocycles. The summed E-state index contributed by atoms with van der Waals surface area (Å²) in [6, 6.07) is 5.07. The Bertz CT molecular complexity index is 1150. The van der Waals surface area contributed by atoms with Gasteiger partial charge < -0.3 is 10.5 Å². The van der Waals surface area contributed by atoms with Crippen LogP contribution in [-0.4, -0.2) is 58.6 Å². The number of hydrogen-bond acceptors (Lipinski definition) is 7. The van der Waals surface area contributed by atoms with Crippen LogP contribution in [-0.2, 0) is 14.8 Å². The molecular formula is C18H22N6O3S. The van der Waals surface area contributed by atoms with Crippen molar-refractivity contribution in [1.82, 2.24) is 23.9 Å². The summed E-state index contributed by atoms with van der Waals surface area (Å²) in [5, 5.41) is 4.21. The Kier molecular flexibility index (Phi) is 4.36. The van der Waals surface area contributed by atoms with Crippen LogP contribution >= 0.6 is 0 Å². The van der Waals surface area contributed by atoms with E-state index in [0.717, 1.165) is 24.0 Å². The lowest BCUT2D eigenvalue weighted by atomic mass is 10.1. The maximum absolute atomic E-state index is 13.2. The zero-order valence-electron chi connectivity index (χ0n) is 16.0. The average molecular weight is 402 g/mol. The number of methoxy groups -OCH3 is 1. The minimum Gasteiger partial charge on any atom is -0.383 e. The van der Waals surface area contributed by atoms with Gasteiger partial charge in [0, 0.05) is 19.7 Å². The SMILES string of the molecule is COCC1(N(C)S(=O)(=O)c2ccc(C)c(-c3cnc4c(N)ncnn34)c2)CC1. The van der Waals surface area contributed by atoms with Crippen molar-refractivity contribution in [3.8, 4) is 11.3 Å². The van der Waals surface area contributed by atoms with Crippen LogP contribution in [0.5, 0.6) is 0 Å². The lowest BCUT2D eigenvalue weighted by Crippen LogP contribution is -2.41. The first-order chi connectivity index (χ1) is 13.3. The summed E-state index contributed by atoms with van der Waals surface area (Å²) in [6.07, 6.45) is 4.55. The number of aryl methyl sites for hydroxylation is 1. The summed E-state index contributed by atoms with van der Waals surface area (Å²) in [4.78, 5) is 8.43. The number of sulfonamides is 1. The summed E-state index contributed by atoms with van der Waals surface area (Å²) < 4.78 is 34.7. The van der Waals surface area contributed by atoms with Gasteiger partial charge in [-0.1, -0.05) is 6.07 Å². The zero-order chi connectivity index (χ0) is 20.1. The number of hydrogen-bond donors (Lipinski definition) is 1. The van der Waals surface area contributed by atoms with Gasteiger partial charge in [-0.2, -0.15) is 9.40 Å². The molecule has 2 heterocycles. The maximum Gasteiger partial charge on any atom is 0.243 e. The third-order valence-corrected chi connectivity index (χ3v) is 7.34. The van der Waals surface area contributed by atoms with E-state index in [1.54, 1.807) is 43.1 Å². The van der Waals surface area contributed by atoms with Crippen LogP contribution in [0.3, 0.4) is 0 Å². The fraction of sp³-hybridized carbons (Fsp3) is 0.389. The normalized spacial score (nSPS) is 16.0. The van der Waals surface area contributed by atoms with Gasteiger partial charge in [0.1, 0.15) is 6.33 Å². The van der Waals surface area contributed by atoms with E-state index in [1.807, 2.05) is 6.92 Å². The number of nitrogens with zero attached hydrogens (tertiary/aromatic N) is 5. The summed E-state index contributed by atoms with van der Waals surface area (Å²) >= 11 is 0. The van der Waals surface area contributed by atoms with E-state index in [9.17, 15) is 8.42 Å². The highest BCUT2D eigenvalue weighted by Crippen LogP contribution is 2.44. The van der Waals surface area contributed by atoms with Gasteiger partial charge in [0.15, 0.2) is 11.5 Å². The first-order valence-electron chi connectivity index (χ1n) is 8.83. The second kappa shape index (κ2) is 6.50. The van der Waals surface area contributed by atoms with Gasteiger partial charge in [-0.25, -0.2) is 22.9 Å². The molecule has 0 unspecified atom stereocenters. The molecule has 0 aliphatic heterocycles. The van der Waals surface area contributed by atoms with Crippen molar-refractivity contribution in [2.24, 2.45) is 0 Å². The van der Waals surface area contributed by atoms with Gasteiger partial charge in [-0.3, -0.25) is 0 Å². The van der Waals surface area contributed by atoms with E-state index in [0.29, 0.717) is 17.9 Å². The Balaban J connectivity index is 1.80. The molecule has 4 rings (SSSR count). The van der Waals surface area contributed by atoms with Crippen LogP contribution in [0.1, 0.15) is 18.4 Å². The number of aromatic nitrogens is 4. The largest absolute Gasteiger partial charge is 0.383 e. The molecule has 28 heavy (non-hydrogen) atoms. The van der Waals surface area contributed by atoms with Crippen LogP contribution in [0.4, 0.5) is 5.82 Å². The Morgan fingerprint density at radius 3 is 2.75 bits per heavy atom. The number of fused-ring (bicyclic) bond motifs is 1. The first-order valence-corrected chi connectivity index (χ1v) is 10.3. The average Bonchev–Trinajstić information content (AvgIpc) is 3.32. The number of imidazole rings is 1. The summed E-state index contributed by atoms with van der Waals surface area (Å²) in [5.74, 6) is 0.262. The Hall–Kier alpha value is -2.56. The molecule has 10 heteroatoms. The molecule has 0 saturated heterocycles. The lowest BCUT2D eigenvalue weighted by Gasteiger charge is -2.27. The molecule has 3 aromatic rings. The highest BCUT2D eigenvalue weighted by Gasteiger charge is 2.51. The number of likely N-dealkylation sites (N-methyl/N-ethyl adjacent to an activating group) is 1. The highest BCUT2D eigenvalue weighted by molar-refractivity contribution is 7.89. The van der Waals surface area contributed by atoms with Gasteiger partial charge in [0.2, 0.25) is 10.0 Å². The zero-order valence-corrected chi connectivity index (χ0v) is 16.8. The summed E-state index contributed by atoms with van der Waals surface area (Å²) in [5.41, 5.74) is 8.11.